The number of anilines is 1. The Morgan fingerprint density at radius 3 is 2.34 bits per heavy atom. The number of cyclic esters (lactones) is 1. The quantitative estimate of drug-likeness (QED) is 0.574. The first-order valence-corrected chi connectivity index (χ1v) is 7.96. The first-order chi connectivity index (χ1) is 13.5. The highest BCUT2D eigenvalue weighted by Gasteiger charge is 2.59. The van der Waals surface area contributed by atoms with E-state index in [2.05, 4.69) is 10.1 Å². The standard InChI is InChI=1S/C18H11F6NO4/c19-16(17(20,21)22)18(23,24)29-12-4-1-9(2-5-12)14(26)25-11-3-6-13-10(7-11)8-28-15(13)27/h1-7,16H,8H2,(H,25,26). The first kappa shape index (κ1) is 20.5. The number of carbonyl (C=O) groups excluding carboxylic acids is 2. The molecule has 1 amide bonds. The minimum absolute atomic E-state index is 0.0267. The van der Waals surface area contributed by atoms with E-state index in [9.17, 15) is 35.9 Å². The van der Waals surface area contributed by atoms with Gasteiger partial charge in [0.15, 0.2) is 0 Å². The van der Waals surface area contributed by atoms with Gasteiger partial charge in [0.1, 0.15) is 12.4 Å². The molecule has 11 heteroatoms. The summed E-state index contributed by atoms with van der Waals surface area (Å²) in [7, 11) is 0. The summed E-state index contributed by atoms with van der Waals surface area (Å²) in [6.45, 7) is 0.0611. The summed E-state index contributed by atoms with van der Waals surface area (Å²) in [6, 6.07) is 8.09. The average molecular weight is 419 g/mol. The zero-order valence-corrected chi connectivity index (χ0v) is 14.2. The minimum atomic E-state index is -5.80. The van der Waals surface area contributed by atoms with Gasteiger partial charge in [0, 0.05) is 16.8 Å². The molecule has 0 bridgehead atoms. The molecule has 1 aliphatic heterocycles. The molecule has 0 saturated heterocycles. The normalized spacial score (nSPS) is 14.8. The molecule has 0 fully saturated rings. The molecule has 29 heavy (non-hydrogen) atoms. The summed E-state index contributed by atoms with van der Waals surface area (Å²) in [6.07, 6.45) is -15.4. The van der Waals surface area contributed by atoms with Crippen LogP contribution >= 0.6 is 0 Å². The number of amides is 1. The Balaban J connectivity index is 1.67. The second-order valence-corrected chi connectivity index (χ2v) is 5.99. The minimum Gasteiger partial charge on any atom is -0.457 e. The lowest BCUT2D eigenvalue weighted by Gasteiger charge is -2.23. The highest BCUT2D eigenvalue weighted by molar-refractivity contribution is 6.04. The Morgan fingerprint density at radius 2 is 1.72 bits per heavy atom. The summed E-state index contributed by atoms with van der Waals surface area (Å²) in [4.78, 5) is 23.6. The van der Waals surface area contributed by atoms with E-state index in [1.54, 1.807) is 0 Å². The van der Waals surface area contributed by atoms with Crippen molar-refractivity contribution < 1.29 is 45.4 Å². The van der Waals surface area contributed by atoms with E-state index in [1.807, 2.05) is 0 Å². The molecule has 1 aliphatic rings. The fourth-order valence-electron chi connectivity index (χ4n) is 2.49. The van der Waals surface area contributed by atoms with Crippen molar-refractivity contribution in [3.63, 3.8) is 0 Å². The van der Waals surface area contributed by atoms with Crippen molar-refractivity contribution in [2.75, 3.05) is 5.32 Å². The third-order valence-electron chi connectivity index (χ3n) is 3.89. The van der Waals surface area contributed by atoms with Crippen molar-refractivity contribution >= 4 is 17.6 Å². The van der Waals surface area contributed by atoms with E-state index in [-0.39, 0.29) is 12.2 Å². The second kappa shape index (κ2) is 7.30. The van der Waals surface area contributed by atoms with Gasteiger partial charge in [-0.25, -0.2) is 9.18 Å². The predicted molar refractivity (Wildman–Crippen MR) is 86.5 cm³/mol. The van der Waals surface area contributed by atoms with Gasteiger partial charge in [-0.1, -0.05) is 0 Å². The molecule has 154 valence electrons. The molecule has 0 radical (unpaired) electrons. The lowest BCUT2D eigenvalue weighted by Crippen LogP contribution is -2.45. The number of esters is 1. The molecular formula is C18H11F6NO4. The lowest BCUT2D eigenvalue weighted by molar-refractivity contribution is -0.304. The van der Waals surface area contributed by atoms with Crippen molar-refractivity contribution in [2.24, 2.45) is 0 Å². The van der Waals surface area contributed by atoms with Crippen LogP contribution < -0.4 is 10.1 Å². The molecule has 0 spiro atoms. The summed E-state index contributed by atoms with van der Waals surface area (Å²) in [5, 5.41) is 2.51. The number of benzene rings is 2. The van der Waals surface area contributed by atoms with Gasteiger partial charge in [-0.15, -0.1) is 0 Å². The predicted octanol–water partition coefficient (Wildman–Crippen LogP) is 4.48. The first-order valence-electron chi connectivity index (χ1n) is 7.96. The SMILES string of the molecule is O=C(Nc1ccc2c(c1)COC2=O)c1ccc(OC(F)(F)C(F)C(F)(F)F)cc1. The van der Waals surface area contributed by atoms with Crippen LogP contribution in [-0.4, -0.2) is 30.3 Å². The molecule has 1 heterocycles. The number of alkyl halides is 6. The summed E-state index contributed by atoms with van der Waals surface area (Å²) in [5.41, 5.74) is 1.25. The van der Waals surface area contributed by atoms with E-state index in [1.165, 1.54) is 18.2 Å². The van der Waals surface area contributed by atoms with Crippen molar-refractivity contribution in [1.29, 1.82) is 0 Å². The maximum atomic E-state index is 13.3. The molecular weight excluding hydrogens is 408 g/mol. The number of hydrogen-bond donors (Lipinski definition) is 1. The molecule has 2 aromatic carbocycles. The Labute approximate surface area is 159 Å². The highest BCUT2D eigenvalue weighted by atomic mass is 19.4. The number of fused-ring (bicyclic) bond motifs is 1. The number of nitrogens with one attached hydrogen (secondary N) is 1. The van der Waals surface area contributed by atoms with Crippen LogP contribution in [0.1, 0.15) is 26.3 Å². The van der Waals surface area contributed by atoms with Crippen LogP contribution in [0.25, 0.3) is 0 Å². The van der Waals surface area contributed by atoms with Gasteiger partial charge < -0.3 is 14.8 Å². The number of rotatable bonds is 5. The number of hydrogen-bond acceptors (Lipinski definition) is 4. The van der Waals surface area contributed by atoms with Crippen LogP contribution in [0, 0.1) is 0 Å². The van der Waals surface area contributed by atoms with Gasteiger partial charge in [0.25, 0.3) is 12.1 Å². The summed E-state index contributed by atoms with van der Waals surface area (Å²) in [5.74, 6) is -1.90. The summed E-state index contributed by atoms with van der Waals surface area (Å²) < 4.78 is 84.3. The monoisotopic (exact) mass is 419 g/mol. The van der Waals surface area contributed by atoms with E-state index >= 15 is 0 Å². The number of ether oxygens (including phenoxy) is 2. The van der Waals surface area contributed by atoms with Crippen LogP contribution in [0.3, 0.4) is 0 Å². The summed E-state index contributed by atoms with van der Waals surface area (Å²) >= 11 is 0. The maximum absolute atomic E-state index is 13.3. The van der Waals surface area contributed by atoms with E-state index < -0.39 is 36.1 Å². The molecule has 1 atom stereocenters. The van der Waals surface area contributed by atoms with Crippen LogP contribution in [-0.2, 0) is 11.3 Å². The Morgan fingerprint density at radius 1 is 1.07 bits per heavy atom. The fraction of sp³-hybridized carbons (Fsp3) is 0.222. The van der Waals surface area contributed by atoms with Gasteiger partial charge in [-0.2, -0.15) is 22.0 Å². The van der Waals surface area contributed by atoms with Crippen molar-refractivity contribution in [3.8, 4) is 5.75 Å². The molecule has 0 aromatic heterocycles. The molecule has 2 aromatic rings. The molecule has 3 rings (SSSR count). The maximum Gasteiger partial charge on any atom is 0.439 e. The Kier molecular flexibility index (Phi) is 5.16. The van der Waals surface area contributed by atoms with Crippen LogP contribution in [0.5, 0.6) is 5.75 Å². The lowest BCUT2D eigenvalue weighted by atomic mass is 10.1. The molecule has 1 unspecified atom stereocenters. The zero-order valence-electron chi connectivity index (χ0n) is 14.2. The topological polar surface area (TPSA) is 64.6 Å². The second-order valence-electron chi connectivity index (χ2n) is 5.99. The van der Waals surface area contributed by atoms with Gasteiger partial charge in [-0.3, -0.25) is 4.79 Å². The molecule has 0 aliphatic carbocycles. The van der Waals surface area contributed by atoms with E-state index in [0.717, 1.165) is 24.3 Å². The van der Waals surface area contributed by atoms with Crippen molar-refractivity contribution in [1.82, 2.24) is 0 Å². The van der Waals surface area contributed by atoms with Gasteiger partial charge in [0.2, 0.25) is 0 Å². The molecule has 5 nitrogen and oxygen atoms in total. The van der Waals surface area contributed by atoms with Gasteiger partial charge in [0.05, 0.1) is 5.56 Å². The average Bonchev–Trinajstić information content (AvgIpc) is 3.01. The molecule has 1 N–H and O–H groups in total. The smallest absolute Gasteiger partial charge is 0.439 e. The fourth-order valence-corrected chi connectivity index (χ4v) is 2.49. The van der Waals surface area contributed by atoms with Crippen LogP contribution in [0.15, 0.2) is 42.5 Å². The zero-order chi connectivity index (χ0) is 21.4. The van der Waals surface area contributed by atoms with Gasteiger partial charge >= 0.3 is 18.3 Å². The number of carbonyl (C=O) groups is 2. The third kappa shape index (κ3) is 4.44. The largest absolute Gasteiger partial charge is 0.457 e. The van der Waals surface area contributed by atoms with Crippen molar-refractivity contribution in [2.45, 2.75) is 25.1 Å². The Hall–Kier alpha value is -3.24. The van der Waals surface area contributed by atoms with Crippen LogP contribution in [0.2, 0.25) is 0 Å². The van der Waals surface area contributed by atoms with Crippen LogP contribution in [0.4, 0.5) is 32.0 Å². The molecule has 0 saturated carbocycles. The van der Waals surface area contributed by atoms with Gasteiger partial charge in [-0.05, 0) is 42.5 Å². The van der Waals surface area contributed by atoms with E-state index in [0.29, 0.717) is 16.8 Å². The third-order valence-corrected chi connectivity index (χ3v) is 3.89. The Bertz CT molecular complexity index is 942. The van der Waals surface area contributed by atoms with E-state index in [4.69, 9.17) is 4.74 Å². The van der Waals surface area contributed by atoms with Crippen molar-refractivity contribution in [3.05, 3.63) is 59.2 Å². The number of halogens is 6. The highest BCUT2D eigenvalue weighted by Crippen LogP contribution is 2.36.